The second-order valence-corrected chi connectivity index (χ2v) is 6.20. The summed E-state index contributed by atoms with van der Waals surface area (Å²) in [6.07, 6.45) is 3.94. The molecule has 3 heteroatoms. The van der Waals surface area contributed by atoms with Crippen LogP contribution >= 0.6 is 15.9 Å². The molecule has 0 radical (unpaired) electrons. The van der Waals surface area contributed by atoms with Crippen molar-refractivity contribution in [3.63, 3.8) is 0 Å². The highest BCUT2D eigenvalue weighted by molar-refractivity contribution is 9.10. The highest BCUT2D eigenvalue weighted by Crippen LogP contribution is 2.19. The second kappa shape index (κ2) is 6.69. The smallest absolute Gasteiger partial charge is 0.0234 e. The topological polar surface area (TPSA) is 15.3 Å². The molecule has 1 N–H and O–H groups in total. The Morgan fingerprint density at radius 3 is 2.56 bits per heavy atom. The lowest BCUT2D eigenvalue weighted by Gasteiger charge is -2.27. The molecule has 2 nitrogen and oxygen atoms in total. The molecule has 18 heavy (non-hydrogen) atoms. The third-order valence-corrected chi connectivity index (χ3v) is 4.19. The average molecular weight is 311 g/mol. The summed E-state index contributed by atoms with van der Waals surface area (Å²) in [5.74, 6) is 0. The minimum Gasteiger partial charge on any atom is -0.312 e. The predicted octanol–water partition coefficient (Wildman–Crippen LogP) is 3.41. The van der Waals surface area contributed by atoms with Crippen molar-refractivity contribution in [2.75, 3.05) is 13.6 Å². The van der Waals surface area contributed by atoms with Gasteiger partial charge < -0.3 is 5.32 Å². The molecule has 0 spiro atoms. The summed E-state index contributed by atoms with van der Waals surface area (Å²) >= 11 is 3.48. The Balaban J connectivity index is 1.83. The molecule has 0 heterocycles. The van der Waals surface area contributed by atoms with E-state index in [0.717, 1.165) is 23.6 Å². The van der Waals surface area contributed by atoms with Crippen molar-refractivity contribution in [1.82, 2.24) is 10.2 Å². The van der Waals surface area contributed by atoms with Crippen molar-refractivity contribution in [2.24, 2.45) is 0 Å². The minimum atomic E-state index is 0.634. The van der Waals surface area contributed by atoms with Gasteiger partial charge in [0.15, 0.2) is 0 Å². The van der Waals surface area contributed by atoms with E-state index in [4.69, 9.17) is 0 Å². The van der Waals surface area contributed by atoms with Gasteiger partial charge in [-0.2, -0.15) is 0 Å². The van der Waals surface area contributed by atoms with Crippen molar-refractivity contribution < 1.29 is 0 Å². The van der Waals surface area contributed by atoms with Gasteiger partial charge in [-0.1, -0.05) is 35.0 Å². The molecule has 100 valence electrons. The Morgan fingerprint density at radius 2 is 2.00 bits per heavy atom. The fraction of sp³-hybridized carbons (Fsp3) is 0.600. The largest absolute Gasteiger partial charge is 0.312 e. The molecule has 1 saturated carbocycles. The van der Waals surface area contributed by atoms with Crippen molar-refractivity contribution in [1.29, 1.82) is 0 Å². The van der Waals surface area contributed by atoms with Crippen LogP contribution in [0.4, 0.5) is 0 Å². The Hall–Kier alpha value is -0.380. The summed E-state index contributed by atoms with van der Waals surface area (Å²) in [5.41, 5.74) is 1.38. The molecule has 2 rings (SSSR count). The Kier molecular flexibility index (Phi) is 5.22. The first-order valence-corrected chi connectivity index (χ1v) is 7.66. The van der Waals surface area contributed by atoms with E-state index in [1.54, 1.807) is 0 Å². The van der Waals surface area contributed by atoms with Crippen LogP contribution in [-0.4, -0.2) is 30.6 Å². The maximum Gasteiger partial charge on any atom is 0.0234 e. The van der Waals surface area contributed by atoms with E-state index in [9.17, 15) is 0 Å². The van der Waals surface area contributed by atoms with Gasteiger partial charge in [0.1, 0.15) is 0 Å². The van der Waals surface area contributed by atoms with Crippen LogP contribution < -0.4 is 5.32 Å². The summed E-state index contributed by atoms with van der Waals surface area (Å²) < 4.78 is 1.15. The van der Waals surface area contributed by atoms with Crippen LogP contribution in [0.25, 0.3) is 0 Å². The average Bonchev–Trinajstić information content (AvgIpc) is 3.17. The molecule has 1 aromatic carbocycles. The van der Waals surface area contributed by atoms with Crippen LogP contribution in [0.2, 0.25) is 0 Å². The third kappa shape index (κ3) is 4.38. The van der Waals surface area contributed by atoms with E-state index in [1.165, 1.54) is 24.8 Å². The van der Waals surface area contributed by atoms with Gasteiger partial charge in [-0.15, -0.1) is 0 Å². The van der Waals surface area contributed by atoms with Crippen LogP contribution in [0.3, 0.4) is 0 Å². The zero-order valence-corrected chi connectivity index (χ0v) is 12.9. The summed E-state index contributed by atoms with van der Waals surface area (Å²) in [6, 6.07) is 10.1. The number of halogens is 1. The standard InChI is InChI=1S/C15H23BrN2/c1-3-15(10-17-14-8-9-14)18(2)11-12-4-6-13(16)7-5-12/h4-7,14-15,17H,3,8-11H2,1-2H3. The highest BCUT2D eigenvalue weighted by Gasteiger charge is 2.22. The van der Waals surface area contributed by atoms with Crippen LogP contribution in [0.1, 0.15) is 31.7 Å². The van der Waals surface area contributed by atoms with Crippen LogP contribution in [0.5, 0.6) is 0 Å². The molecule has 1 fully saturated rings. The normalized spacial score (nSPS) is 17.1. The first kappa shape index (κ1) is 14.0. The van der Waals surface area contributed by atoms with Crippen molar-refractivity contribution >= 4 is 15.9 Å². The van der Waals surface area contributed by atoms with Gasteiger partial charge in [0.2, 0.25) is 0 Å². The van der Waals surface area contributed by atoms with Gasteiger partial charge in [-0.3, -0.25) is 4.90 Å². The second-order valence-electron chi connectivity index (χ2n) is 5.29. The predicted molar refractivity (Wildman–Crippen MR) is 80.7 cm³/mol. The van der Waals surface area contributed by atoms with Crippen LogP contribution in [0.15, 0.2) is 28.7 Å². The molecule has 1 atom stereocenters. The van der Waals surface area contributed by atoms with E-state index in [-0.39, 0.29) is 0 Å². The summed E-state index contributed by atoms with van der Waals surface area (Å²) in [5, 5.41) is 3.63. The molecular formula is C15H23BrN2. The van der Waals surface area contributed by atoms with Gasteiger partial charge in [0, 0.05) is 29.6 Å². The number of nitrogens with one attached hydrogen (secondary N) is 1. The number of benzene rings is 1. The van der Waals surface area contributed by atoms with Crippen molar-refractivity contribution in [3.8, 4) is 0 Å². The maximum absolute atomic E-state index is 3.63. The molecule has 0 saturated heterocycles. The molecule has 1 aromatic rings. The summed E-state index contributed by atoms with van der Waals surface area (Å²) in [7, 11) is 2.23. The molecule has 0 bridgehead atoms. The molecular weight excluding hydrogens is 288 g/mol. The monoisotopic (exact) mass is 310 g/mol. The van der Waals surface area contributed by atoms with Gasteiger partial charge in [-0.05, 0) is 44.0 Å². The number of hydrogen-bond donors (Lipinski definition) is 1. The first-order chi connectivity index (χ1) is 8.69. The lowest BCUT2D eigenvalue weighted by molar-refractivity contribution is 0.221. The van der Waals surface area contributed by atoms with Gasteiger partial charge in [0.25, 0.3) is 0 Å². The number of rotatable bonds is 7. The molecule has 1 aliphatic rings. The zero-order chi connectivity index (χ0) is 13.0. The fourth-order valence-electron chi connectivity index (χ4n) is 2.21. The molecule has 0 aliphatic heterocycles. The van der Waals surface area contributed by atoms with Gasteiger partial charge >= 0.3 is 0 Å². The van der Waals surface area contributed by atoms with Crippen LogP contribution in [0, 0.1) is 0 Å². The van der Waals surface area contributed by atoms with E-state index in [0.29, 0.717) is 6.04 Å². The third-order valence-electron chi connectivity index (χ3n) is 3.66. The molecule has 0 amide bonds. The van der Waals surface area contributed by atoms with Crippen LogP contribution in [-0.2, 0) is 6.54 Å². The number of likely N-dealkylation sites (N-methyl/N-ethyl adjacent to an activating group) is 1. The number of hydrogen-bond acceptors (Lipinski definition) is 2. The van der Waals surface area contributed by atoms with E-state index in [2.05, 4.69) is 64.4 Å². The van der Waals surface area contributed by atoms with E-state index in [1.807, 2.05) is 0 Å². The maximum atomic E-state index is 3.63. The van der Waals surface area contributed by atoms with Crippen molar-refractivity contribution in [3.05, 3.63) is 34.3 Å². The Bertz CT molecular complexity index is 359. The Labute approximate surface area is 119 Å². The lowest BCUT2D eigenvalue weighted by atomic mass is 10.1. The first-order valence-electron chi connectivity index (χ1n) is 6.87. The molecule has 1 unspecified atom stereocenters. The fourth-order valence-corrected chi connectivity index (χ4v) is 2.47. The van der Waals surface area contributed by atoms with E-state index >= 15 is 0 Å². The van der Waals surface area contributed by atoms with Gasteiger partial charge in [0.05, 0.1) is 0 Å². The summed E-state index contributed by atoms with van der Waals surface area (Å²) in [4.78, 5) is 2.46. The van der Waals surface area contributed by atoms with Crippen molar-refractivity contribution in [2.45, 2.75) is 44.8 Å². The lowest BCUT2D eigenvalue weighted by Crippen LogP contribution is -2.39. The van der Waals surface area contributed by atoms with E-state index < -0.39 is 0 Å². The van der Waals surface area contributed by atoms with Gasteiger partial charge in [-0.25, -0.2) is 0 Å². The minimum absolute atomic E-state index is 0.634. The highest BCUT2D eigenvalue weighted by atomic mass is 79.9. The zero-order valence-electron chi connectivity index (χ0n) is 11.3. The summed E-state index contributed by atoms with van der Waals surface area (Å²) in [6.45, 7) is 4.42. The molecule has 0 aromatic heterocycles. The Morgan fingerprint density at radius 1 is 1.33 bits per heavy atom. The quantitative estimate of drug-likeness (QED) is 0.830. The molecule has 1 aliphatic carbocycles. The SMILES string of the molecule is CCC(CNC1CC1)N(C)Cc1ccc(Br)cc1. The number of nitrogens with zero attached hydrogens (tertiary/aromatic N) is 1.